The standard InChI is InChI=1S/C15H16ClFN2S/c1-8-12(9-5-6-11(17)10(16)7-9)18-14(15(2,3)4)19-13(8)20/h5-7H,1-4H3,(H,18,19,20). The van der Waals surface area contributed by atoms with E-state index in [-0.39, 0.29) is 10.4 Å². The summed E-state index contributed by atoms with van der Waals surface area (Å²) in [5.41, 5.74) is 2.33. The molecule has 20 heavy (non-hydrogen) atoms. The van der Waals surface area contributed by atoms with Crippen LogP contribution in [0, 0.1) is 17.4 Å². The second-order valence-electron chi connectivity index (χ2n) is 5.77. The van der Waals surface area contributed by atoms with Crippen LogP contribution in [0.25, 0.3) is 11.3 Å². The number of nitrogens with one attached hydrogen (secondary N) is 1. The van der Waals surface area contributed by atoms with Gasteiger partial charge in [-0.15, -0.1) is 0 Å². The summed E-state index contributed by atoms with van der Waals surface area (Å²) in [7, 11) is 0. The lowest BCUT2D eigenvalue weighted by Gasteiger charge is -2.20. The zero-order chi connectivity index (χ0) is 15.1. The lowest BCUT2D eigenvalue weighted by molar-refractivity contribution is 0.544. The van der Waals surface area contributed by atoms with E-state index < -0.39 is 5.82 Å². The van der Waals surface area contributed by atoms with Crippen molar-refractivity contribution in [1.82, 2.24) is 9.97 Å². The van der Waals surface area contributed by atoms with Gasteiger partial charge < -0.3 is 4.98 Å². The summed E-state index contributed by atoms with van der Waals surface area (Å²) >= 11 is 11.2. The highest BCUT2D eigenvalue weighted by atomic mass is 35.5. The number of nitrogens with zero attached hydrogens (tertiary/aromatic N) is 1. The predicted octanol–water partition coefficient (Wildman–Crippen LogP) is 5.20. The van der Waals surface area contributed by atoms with Gasteiger partial charge in [0.05, 0.1) is 10.7 Å². The highest BCUT2D eigenvalue weighted by Crippen LogP contribution is 2.28. The van der Waals surface area contributed by atoms with Crippen LogP contribution in [0.4, 0.5) is 4.39 Å². The van der Waals surface area contributed by atoms with Crippen molar-refractivity contribution in [3.05, 3.63) is 45.1 Å². The Kier molecular flexibility index (Phi) is 3.98. The van der Waals surface area contributed by atoms with Crippen LogP contribution in [0.15, 0.2) is 18.2 Å². The third-order valence-electron chi connectivity index (χ3n) is 3.07. The second-order valence-corrected chi connectivity index (χ2v) is 6.56. The molecule has 2 rings (SSSR count). The van der Waals surface area contributed by atoms with E-state index in [0.29, 0.717) is 4.64 Å². The van der Waals surface area contributed by atoms with Gasteiger partial charge in [0.2, 0.25) is 0 Å². The Morgan fingerprint density at radius 2 is 1.95 bits per heavy atom. The molecule has 0 saturated heterocycles. The number of hydrogen-bond donors (Lipinski definition) is 1. The van der Waals surface area contributed by atoms with E-state index in [1.807, 2.05) is 6.92 Å². The predicted molar refractivity (Wildman–Crippen MR) is 83.3 cm³/mol. The highest BCUT2D eigenvalue weighted by Gasteiger charge is 2.19. The smallest absolute Gasteiger partial charge is 0.141 e. The first-order valence-electron chi connectivity index (χ1n) is 6.27. The molecular weight excluding hydrogens is 295 g/mol. The fourth-order valence-corrected chi connectivity index (χ4v) is 2.20. The number of rotatable bonds is 1. The van der Waals surface area contributed by atoms with E-state index >= 15 is 0 Å². The summed E-state index contributed by atoms with van der Waals surface area (Å²) in [4.78, 5) is 7.72. The molecular formula is C15H16ClFN2S. The molecule has 0 spiro atoms. The van der Waals surface area contributed by atoms with Crippen LogP contribution < -0.4 is 0 Å². The zero-order valence-corrected chi connectivity index (χ0v) is 13.4. The Morgan fingerprint density at radius 3 is 2.50 bits per heavy atom. The summed E-state index contributed by atoms with van der Waals surface area (Å²) in [6.07, 6.45) is 0. The van der Waals surface area contributed by atoms with Gasteiger partial charge >= 0.3 is 0 Å². The molecule has 2 nitrogen and oxygen atoms in total. The van der Waals surface area contributed by atoms with Crippen LogP contribution >= 0.6 is 23.8 Å². The molecule has 2 aromatic rings. The maximum atomic E-state index is 13.3. The molecule has 0 saturated carbocycles. The minimum atomic E-state index is -0.434. The summed E-state index contributed by atoms with van der Waals surface area (Å²) < 4.78 is 13.8. The van der Waals surface area contributed by atoms with Gasteiger partial charge in [-0.05, 0) is 25.1 Å². The molecule has 0 amide bonds. The van der Waals surface area contributed by atoms with Gasteiger partial charge in [0.15, 0.2) is 0 Å². The largest absolute Gasteiger partial charge is 0.342 e. The molecule has 0 radical (unpaired) electrons. The minimum Gasteiger partial charge on any atom is -0.342 e. The molecule has 1 heterocycles. The van der Waals surface area contributed by atoms with Crippen LogP contribution in [0.3, 0.4) is 0 Å². The lowest BCUT2D eigenvalue weighted by Crippen LogP contribution is -2.17. The SMILES string of the molecule is Cc1c(-c2ccc(F)c(Cl)c2)[nH]c(C(C)(C)C)nc1=S. The molecule has 0 atom stereocenters. The Bertz CT molecular complexity index is 717. The molecule has 1 aromatic heterocycles. The van der Waals surface area contributed by atoms with E-state index in [4.69, 9.17) is 23.8 Å². The molecule has 0 aliphatic carbocycles. The van der Waals surface area contributed by atoms with Crippen molar-refractivity contribution in [1.29, 1.82) is 0 Å². The quantitative estimate of drug-likeness (QED) is 0.733. The van der Waals surface area contributed by atoms with E-state index in [1.54, 1.807) is 12.1 Å². The third-order valence-corrected chi connectivity index (χ3v) is 3.76. The molecule has 0 fully saturated rings. The van der Waals surface area contributed by atoms with Crippen molar-refractivity contribution in [2.75, 3.05) is 0 Å². The first-order valence-corrected chi connectivity index (χ1v) is 7.05. The van der Waals surface area contributed by atoms with Crippen LogP contribution in [0.1, 0.15) is 32.2 Å². The molecule has 5 heteroatoms. The summed E-state index contributed by atoms with van der Waals surface area (Å²) in [6.45, 7) is 8.05. The Labute approximate surface area is 128 Å². The van der Waals surface area contributed by atoms with Crippen molar-refractivity contribution < 1.29 is 4.39 Å². The summed E-state index contributed by atoms with van der Waals surface area (Å²) in [5, 5.41) is 0.0929. The fourth-order valence-electron chi connectivity index (χ4n) is 1.83. The molecule has 1 aromatic carbocycles. The number of aromatic amines is 1. The molecule has 0 aliphatic heterocycles. The van der Waals surface area contributed by atoms with Crippen molar-refractivity contribution in [3.63, 3.8) is 0 Å². The van der Waals surface area contributed by atoms with Crippen LogP contribution in [-0.2, 0) is 5.41 Å². The fraction of sp³-hybridized carbons (Fsp3) is 0.333. The highest BCUT2D eigenvalue weighted by molar-refractivity contribution is 7.71. The second kappa shape index (κ2) is 5.26. The number of aromatic nitrogens is 2. The van der Waals surface area contributed by atoms with Crippen LogP contribution in [-0.4, -0.2) is 9.97 Å². The van der Waals surface area contributed by atoms with Crippen molar-refractivity contribution in [3.8, 4) is 11.3 Å². The summed E-state index contributed by atoms with van der Waals surface area (Å²) in [6, 6.07) is 4.63. The van der Waals surface area contributed by atoms with Crippen LogP contribution in [0.5, 0.6) is 0 Å². The maximum absolute atomic E-state index is 13.3. The van der Waals surface area contributed by atoms with Gasteiger partial charge in [-0.25, -0.2) is 9.37 Å². The van der Waals surface area contributed by atoms with Gasteiger partial charge in [-0.1, -0.05) is 44.6 Å². The molecule has 0 aliphatic rings. The Morgan fingerprint density at radius 1 is 1.30 bits per heavy atom. The third kappa shape index (κ3) is 2.91. The van der Waals surface area contributed by atoms with E-state index in [0.717, 1.165) is 22.6 Å². The normalized spacial score (nSPS) is 11.7. The molecule has 0 unspecified atom stereocenters. The Hall–Kier alpha value is -1.26. The van der Waals surface area contributed by atoms with E-state index in [1.165, 1.54) is 6.07 Å². The number of halogens is 2. The summed E-state index contributed by atoms with van der Waals surface area (Å²) in [5.74, 6) is 0.361. The van der Waals surface area contributed by atoms with Crippen LogP contribution in [0.2, 0.25) is 5.02 Å². The average Bonchev–Trinajstić information content (AvgIpc) is 2.34. The number of benzene rings is 1. The van der Waals surface area contributed by atoms with Gasteiger partial charge in [0, 0.05) is 16.5 Å². The Balaban J connectivity index is 2.70. The van der Waals surface area contributed by atoms with E-state index in [9.17, 15) is 4.39 Å². The topological polar surface area (TPSA) is 28.7 Å². The molecule has 0 bridgehead atoms. The zero-order valence-electron chi connectivity index (χ0n) is 11.8. The van der Waals surface area contributed by atoms with Gasteiger partial charge in [-0.2, -0.15) is 0 Å². The number of hydrogen-bond acceptors (Lipinski definition) is 2. The van der Waals surface area contributed by atoms with Gasteiger partial charge in [0.1, 0.15) is 16.3 Å². The van der Waals surface area contributed by atoms with Gasteiger partial charge in [-0.3, -0.25) is 0 Å². The number of H-pyrrole nitrogens is 1. The first kappa shape index (κ1) is 15.1. The average molecular weight is 311 g/mol. The lowest BCUT2D eigenvalue weighted by atomic mass is 9.95. The van der Waals surface area contributed by atoms with Crippen molar-refractivity contribution in [2.45, 2.75) is 33.1 Å². The van der Waals surface area contributed by atoms with Crippen molar-refractivity contribution in [2.24, 2.45) is 0 Å². The van der Waals surface area contributed by atoms with Crippen molar-refractivity contribution >= 4 is 23.8 Å². The monoisotopic (exact) mass is 310 g/mol. The molecule has 1 N–H and O–H groups in total. The van der Waals surface area contributed by atoms with Gasteiger partial charge in [0.25, 0.3) is 0 Å². The maximum Gasteiger partial charge on any atom is 0.141 e. The molecule has 106 valence electrons. The minimum absolute atomic E-state index is 0.0929. The first-order chi connectivity index (χ1) is 9.20. The van der Waals surface area contributed by atoms with E-state index in [2.05, 4.69) is 30.7 Å².